The predicted octanol–water partition coefficient (Wildman–Crippen LogP) is 2.00. The van der Waals surface area contributed by atoms with Gasteiger partial charge in [-0.3, -0.25) is 10.1 Å². The van der Waals surface area contributed by atoms with Crippen LogP contribution in [0.15, 0.2) is 42.6 Å². The number of hydrogen-bond acceptors (Lipinski definition) is 5. The molecule has 0 amide bonds. The number of benzene rings is 1. The van der Waals surface area contributed by atoms with Crippen LogP contribution in [0.5, 0.6) is 0 Å². The fourth-order valence-corrected chi connectivity index (χ4v) is 1.35. The fourth-order valence-electron chi connectivity index (χ4n) is 1.35. The molecule has 0 radical (unpaired) electrons. The Morgan fingerprint density at radius 1 is 1.29 bits per heavy atom. The van der Waals surface area contributed by atoms with Gasteiger partial charge in [-0.25, -0.2) is 0 Å². The van der Waals surface area contributed by atoms with Gasteiger partial charge in [0.25, 0.3) is 5.69 Å². The Bertz CT molecular complexity index is 516. The molecule has 1 N–H and O–H groups in total. The summed E-state index contributed by atoms with van der Waals surface area (Å²) in [7, 11) is 0. The van der Waals surface area contributed by atoms with E-state index in [2.05, 4.69) is 15.5 Å². The van der Waals surface area contributed by atoms with Gasteiger partial charge in [0, 0.05) is 24.0 Å². The van der Waals surface area contributed by atoms with Crippen molar-refractivity contribution < 1.29 is 4.92 Å². The van der Waals surface area contributed by atoms with Crippen LogP contribution in [0.1, 0.15) is 5.69 Å². The molecule has 0 aliphatic carbocycles. The lowest BCUT2D eigenvalue weighted by molar-refractivity contribution is -0.384. The van der Waals surface area contributed by atoms with Crippen molar-refractivity contribution in [3.8, 4) is 0 Å². The van der Waals surface area contributed by atoms with E-state index in [1.54, 1.807) is 24.4 Å². The summed E-state index contributed by atoms with van der Waals surface area (Å²) in [6.07, 6.45) is 1.59. The number of nitrogens with zero attached hydrogens (tertiary/aromatic N) is 3. The molecule has 0 aliphatic heterocycles. The van der Waals surface area contributed by atoms with Crippen LogP contribution in [0, 0.1) is 10.1 Å². The molecular formula is C11H10N4O2. The number of aromatic nitrogens is 2. The van der Waals surface area contributed by atoms with Crippen molar-refractivity contribution in [1.29, 1.82) is 0 Å². The van der Waals surface area contributed by atoms with Crippen molar-refractivity contribution in [2.45, 2.75) is 6.54 Å². The summed E-state index contributed by atoms with van der Waals surface area (Å²) in [5, 5.41) is 21.3. The molecule has 0 atom stereocenters. The van der Waals surface area contributed by atoms with Gasteiger partial charge in [-0.05, 0) is 18.2 Å². The van der Waals surface area contributed by atoms with Crippen molar-refractivity contribution in [3.05, 3.63) is 58.4 Å². The topological polar surface area (TPSA) is 81.0 Å². The molecule has 6 heteroatoms. The SMILES string of the molecule is O=[N+]([O-])c1cccc(NCc2cccnn2)c1. The Balaban J connectivity index is 2.04. The van der Waals surface area contributed by atoms with E-state index in [4.69, 9.17) is 0 Å². The first kappa shape index (κ1) is 11.0. The Morgan fingerprint density at radius 3 is 2.88 bits per heavy atom. The summed E-state index contributed by atoms with van der Waals surface area (Å²) < 4.78 is 0. The summed E-state index contributed by atoms with van der Waals surface area (Å²) in [6.45, 7) is 0.481. The molecule has 0 aliphatic rings. The van der Waals surface area contributed by atoms with Crippen LogP contribution in [0.25, 0.3) is 0 Å². The molecule has 0 spiro atoms. The highest BCUT2D eigenvalue weighted by atomic mass is 16.6. The summed E-state index contributed by atoms with van der Waals surface area (Å²) >= 11 is 0. The molecular weight excluding hydrogens is 220 g/mol. The van der Waals surface area contributed by atoms with Gasteiger partial charge in [0.05, 0.1) is 17.2 Å². The standard InChI is InChI=1S/C11H10N4O2/c16-15(17)11-5-1-3-9(7-11)12-8-10-4-2-6-13-14-10/h1-7,12H,8H2. The van der Waals surface area contributed by atoms with E-state index in [1.165, 1.54) is 12.1 Å². The fraction of sp³-hybridized carbons (Fsp3) is 0.0909. The second-order valence-electron chi connectivity index (χ2n) is 3.38. The molecule has 1 heterocycles. The first-order valence-electron chi connectivity index (χ1n) is 5.00. The molecule has 6 nitrogen and oxygen atoms in total. The molecule has 17 heavy (non-hydrogen) atoms. The lowest BCUT2D eigenvalue weighted by atomic mass is 10.2. The number of anilines is 1. The lowest BCUT2D eigenvalue weighted by Crippen LogP contribution is -2.02. The first-order valence-corrected chi connectivity index (χ1v) is 5.00. The highest BCUT2D eigenvalue weighted by Gasteiger charge is 2.05. The summed E-state index contributed by atoms with van der Waals surface area (Å²) in [4.78, 5) is 10.2. The third kappa shape index (κ3) is 2.97. The monoisotopic (exact) mass is 230 g/mol. The molecule has 86 valence electrons. The van der Waals surface area contributed by atoms with Crippen molar-refractivity contribution >= 4 is 11.4 Å². The Kier molecular flexibility index (Phi) is 3.25. The predicted molar refractivity (Wildman–Crippen MR) is 62.5 cm³/mol. The average molecular weight is 230 g/mol. The summed E-state index contributed by atoms with van der Waals surface area (Å²) in [5.74, 6) is 0. The van der Waals surface area contributed by atoms with E-state index in [0.717, 1.165) is 5.69 Å². The minimum Gasteiger partial charge on any atom is -0.379 e. The Labute approximate surface area is 97.5 Å². The number of hydrogen-bond donors (Lipinski definition) is 1. The van der Waals surface area contributed by atoms with Gasteiger partial charge in [0.2, 0.25) is 0 Å². The molecule has 0 fully saturated rings. The minimum atomic E-state index is -0.423. The zero-order valence-corrected chi connectivity index (χ0v) is 8.91. The zero-order chi connectivity index (χ0) is 12.1. The highest BCUT2D eigenvalue weighted by Crippen LogP contribution is 2.17. The van der Waals surface area contributed by atoms with Gasteiger partial charge >= 0.3 is 0 Å². The van der Waals surface area contributed by atoms with E-state index in [1.807, 2.05) is 6.07 Å². The molecule has 0 saturated heterocycles. The van der Waals surface area contributed by atoms with E-state index < -0.39 is 4.92 Å². The zero-order valence-electron chi connectivity index (χ0n) is 8.91. The first-order chi connectivity index (χ1) is 8.25. The van der Waals surface area contributed by atoms with Crippen molar-refractivity contribution in [1.82, 2.24) is 10.2 Å². The van der Waals surface area contributed by atoms with Crippen molar-refractivity contribution in [2.24, 2.45) is 0 Å². The number of nitro benzene ring substituents is 1. The minimum absolute atomic E-state index is 0.0640. The number of rotatable bonds is 4. The van der Waals surface area contributed by atoms with E-state index in [9.17, 15) is 10.1 Å². The molecule has 2 rings (SSSR count). The smallest absolute Gasteiger partial charge is 0.271 e. The van der Waals surface area contributed by atoms with Crippen LogP contribution in [0.2, 0.25) is 0 Å². The molecule has 0 saturated carbocycles. The van der Waals surface area contributed by atoms with Crippen molar-refractivity contribution in [3.63, 3.8) is 0 Å². The summed E-state index contributed by atoms with van der Waals surface area (Å²) in [5.41, 5.74) is 1.53. The molecule has 2 aromatic rings. The van der Waals surface area contributed by atoms with Crippen molar-refractivity contribution in [2.75, 3.05) is 5.32 Å². The maximum absolute atomic E-state index is 10.6. The largest absolute Gasteiger partial charge is 0.379 e. The molecule has 1 aromatic carbocycles. The second kappa shape index (κ2) is 5.02. The van der Waals surface area contributed by atoms with Crippen LogP contribution in [0.3, 0.4) is 0 Å². The molecule has 0 bridgehead atoms. The van der Waals surface area contributed by atoms with Gasteiger partial charge in [0.1, 0.15) is 0 Å². The highest BCUT2D eigenvalue weighted by molar-refractivity contribution is 5.50. The van der Waals surface area contributed by atoms with Gasteiger partial charge < -0.3 is 5.32 Å². The van der Waals surface area contributed by atoms with E-state index in [-0.39, 0.29) is 5.69 Å². The van der Waals surface area contributed by atoms with Gasteiger partial charge in [-0.15, -0.1) is 0 Å². The van der Waals surface area contributed by atoms with Gasteiger partial charge in [-0.1, -0.05) is 6.07 Å². The quantitative estimate of drug-likeness (QED) is 0.641. The van der Waals surface area contributed by atoms with Gasteiger partial charge in [0.15, 0.2) is 0 Å². The summed E-state index contributed by atoms with van der Waals surface area (Å²) in [6, 6.07) is 9.96. The maximum atomic E-state index is 10.6. The normalized spacial score (nSPS) is 9.88. The molecule has 0 unspecified atom stereocenters. The van der Waals surface area contributed by atoms with Crippen LogP contribution >= 0.6 is 0 Å². The van der Waals surface area contributed by atoms with Crippen LogP contribution < -0.4 is 5.32 Å². The average Bonchev–Trinajstić information content (AvgIpc) is 2.38. The maximum Gasteiger partial charge on any atom is 0.271 e. The number of non-ortho nitro benzene ring substituents is 1. The van der Waals surface area contributed by atoms with Gasteiger partial charge in [-0.2, -0.15) is 10.2 Å². The van der Waals surface area contributed by atoms with Crippen LogP contribution in [-0.2, 0) is 6.54 Å². The van der Waals surface area contributed by atoms with Crippen LogP contribution in [-0.4, -0.2) is 15.1 Å². The number of nitro groups is 1. The Morgan fingerprint density at radius 2 is 2.18 bits per heavy atom. The lowest BCUT2D eigenvalue weighted by Gasteiger charge is -2.04. The number of nitrogens with one attached hydrogen (secondary N) is 1. The van der Waals surface area contributed by atoms with E-state index in [0.29, 0.717) is 12.2 Å². The van der Waals surface area contributed by atoms with E-state index >= 15 is 0 Å². The molecule has 1 aromatic heterocycles. The third-order valence-electron chi connectivity index (χ3n) is 2.16. The second-order valence-corrected chi connectivity index (χ2v) is 3.38. The third-order valence-corrected chi connectivity index (χ3v) is 2.16. The Hall–Kier alpha value is -2.50. The van der Waals surface area contributed by atoms with Crippen LogP contribution in [0.4, 0.5) is 11.4 Å².